The molecule has 7 nitrogen and oxygen atoms in total. The number of rotatable bonds is 3. The number of hydrogen-bond donors (Lipinski definition) is 1. The van der Waals surface area contributed by atoms with Crippen LogP contribution < -0.4 is 5.32 Å². The van der Waals surface area contributed by atoms with E-state index in [1.54, 1.807) is 16.8 Å². The minimum absolute atomic E-state index is 0.200. The molecule has 0 bridgehead atoms. The Balaban J connectivity index is 1.80. The number of esters is 1. The summed E-state index contributed by atoms with van der Waals surface area (Å²) >= 11 is 6.02. The van der Waals surface area contributed by atoms with Crippen molar-refractivity contribution in [1.29, 1.82) is 0 Å². The Kier molecular flexibility index (Phi) is 4.37. The summed E-state index contributed by atoms with van der Waals surface area (Å²) in [4.78, 5) is 11.7. The highest BCUT2D eigenvalue weighted by Gasteiger charge is 2.29. The third-order valence-corrected chi connectivity index (χ3v) is 4.81. The van der Waals surface area contributed by atoms with Gasteiger partial charge in [-0.2, -0.15) is 4.68 Å². The van der Waals surface area contributed by atoms with E-state index in [1.807, 2.05) is 43.3 Å². The number of halogens is 1. The summed E-state index contributed by atoms with van der Waals surface area (Å²) in [6.45, 7) is 2.03. The normalized spacial score (nSPS) is 15.9. The van der Waals surface area contributed by atoms with Gasteiger partial charge in [0.2, 0.25) is 5.95 Å². The minimum Gasteiger partial charge on any atom is -0.465 e. The molecule has 2 aromatic carbocycles. The van der Waals surface area contributed by atoms with Crippen molar-refractivity contribution in [2.75, 3.05) is 12.4 Å². The highest BCUT2D eigenvalue weighted by molar-refractivity contribution is 6.30. The maximum atomic E-state index is 11.7. The van der Waals surface area contributed by atoms with Gasteiger partial charge in [0, 0.05) is 10.7 Å². The molecule has 1 N–H and O–H groups in total. The quantitative estimate of drug-likeness (QED) is 0.698. The summed E-state index contributed by atoms with van der Waals surface area (Å²) in [5.74, 6) is 0.177. The number of nitrogens with one attached hydrogen (secondary N) is 1. The molecule has 136 valence electrons. The van der Waals surface area contributed by atoms with E-state index in [-0.39, 0.29) is 12.0 Å². The van der Waals surface area contributed by atoms with Crippen LogP contribution in [0.3, 0.4) is 0 Å². The highest BCUT2D eigenvalue weighted by Crippen LogP contribution is 2.37. The van der Waals surface area contributed by atoms with Crippen LogP contribution in [0.4, 0.5) is 5.95 Å². The van der Waals surface area contributed by atoms with E-state index in [0.29, 0.717) is 16.5 Å². The molecular weight excluding hydrogens is 366 g/mol. The zero-order valence-electron chi connectivity index (χ0n) is 14.7. The molecule has 0 radical (unpaired) electrons. The van der Waals surface area contributed by atoms with Crippen molar-refractivity contribution in [3.05, 3.63) is 75.8 Å². The molecule has 1 aromatic heterocycles. The maximum absolute atomic E-state index is 11.7. The van der Waals surface area contributed by atoms with Crippen molar-refractivity contribution in [1.82, 2.24) is 20.2 Å². The van der Waals surface area contributed by atoms with Crippen LogP contribution in [0.1, 0.15) is 34.5 Å². The lowest BCUT2D eigenvalue weighted by Gasteiger charge is -2.28. The molecule has 4 rings (SSSR count). The van der Waals surface area contributed by atoms with Gasteiger partial charge >= 0.3 is 5.97 Å². The monoisotopic (exact) mass is 381 g/mol. The summed E-state index contributed by atoms with van der Waals surface area (Å²) in [7, 11) is 1.36. The van der Waals surface area contributed by atoms with Crippen LogP contribution in [0.5, 0.6) is 0 Å². The number of benzene rings is 2. The summed E-state index contributed by atoms with van der Waals surface area (Å²) in [6.07, 6.45) is 0. The Morgan fingerprint density at radius 1 is 1.15 bits per heavy atom. The Morgan fingerprint density at radius 3 is 2.52 bits per heavy atom. The lowest BCUT2D eigenvalue weighted by Crippen LogP contribution is -2.24. The van der Waals surface area contributed by atoms with E-state index in [1.165, 1.54) is 7.11 Å². The summed E-state index contributed by atoms with van der Waals surface area (Å²) in [5.41, 5.74) is 4.41. The lowest BCUT2D eigenvalue weighted by molar-refractivity contribution is 0.0600. The number of hydrogen-bond acceptors (Lipinski definition) is 6. The number of ether oxygens (including phenoxy) is 1. The molecule has 2 heterocycles. The average Bonchev–Trinajstić information content (AvgIpc) is 3.16. The minimum atomic E-state index is -0.371. The van der Waals surface area contributed by atoms with Crippen molar-refractivity contribution in [2.24, 2.45) is 0 Å². The fourth-order valence-electron chi connectivity index (χ4n) is 3.21. The standard InChI is InChI=1S/C19H16ClN5O2/c1-11-16(12-7-9-15(20)10-8-12)21-19-22-23-24-25(19)17(11)13-3-5-14(6-4-13)18(26)27-2/h3-10,17H,1-2H3,(H,21,22,24). The van der Waals surface area contributed by atoms with E-state index in [4.69, 9.17) is 16.3 Å². The fraction of sp³-hybridized carbons (Fsp3) is 0.158. The van der Waals surface area contributed by atoms with Crippen LogP contribution in [0.15, 0.2) is 54.1 Å². The molecule has 0 aliphatic carbocycles. The molecule has 1 aliphatic rings. The molecule has 0 saturated heterocycles. The first kappa shape index (κ1) is 17.2. The molecule has 0 amide bonds. The van der Waals surface area contributed by atoms with Gasteiger partial charge < -0.3 is 10.1 Å². The van der Waals surface area contributed by atoms with Crippen molar-refractivity contribution >= 4 is 29.2 Å². The summed E-state index contributed by atoms with van der Waals surface area (Å²) in [6, 6.07) is 14.6. The molecule has 3 aromatic rings. The van der Waals surface area contributed by atoms with Crippen LogP contribution in [0, 0.1) is 0 Å². The first-order valence-electron chi connectivity index (χ1n) is 8.28. The predicted molar refractivity (Wildman–Crippen MR) is 101 cm³/mol. The van der Waals surface area contributed by atoms with Crippen LogP contribution in [0.2, 0.25) is 5.02 Å². The topological polar surface area (TPSA) is 81.9 Å². The number of anilines is 1. The SMILES string of the molecule is COC(=O)c1ccc(C2C(C)=C(c3ccc(Cl)cc3)Nc3nnnn32)cc1. The maximum Gasteiger partial charge on any atom is 0.337 e. The second-order valence-corrected chi connectivity index (χ2v) is 6.59. The number of fused-ring (bicyclic) bond motifs is 1. The molecular formula is C19H16ClN5O2. The Bertz CT molecular complexity index is 1030. The first-order chi connectivity index (χ1) is 13.1. The lowest BCUT2D eigenvalue weighted by atomic mass is 9.93. The van der Waals surface area contributed by atoms with Gasteiger partial charge in [-0.25, -0.2) is 4.79 Å². The van der Waals surface area contributed by atoms with Gasteiger partial charge in [0.05, 0.1) is 12.7 Å². The van der Waals surface area contributed by atoms with Crippen molar-refractivity contribution in [3.8, 4) is 0 Å². The van der Waals surface area contributed by atoms with Gasteiger partial charge in [0.1, 0.15) is 6.04 Å². The third-order valence-electron chi connectivity index (χ3n) is 4.56. The van der Waals surface area contributed by atoms with Gasteiger partial charge in [0.25, 0.3) is 0 Å². The van der Waals surface area contributed by atoms with Crippen molar-refractivity contribution < 1.29 is 9.53 Å². The number of aromatic nitrogens is 4. The number of carbonyl (C=O) groups excluding carboxylic acids is 1. The van der Waals surface area contributed by atoms with E-state index in [9.17, 15) is 4.79 Å². The molecule has 1 unspecified atom stereocenters. The third kappa shape index (κ3) is 3.06. The van der Waals surface area contributed by atoms with Crippen molar-refractivity contribution in [2.45, 2.75) is 13.0 Å². The van der Waals surface area contributed by atoms with Gasteiger partial charge in [-0.15, -0.1) is 0 Å². The average molecular weight is 382 g/mol. The summed E-state index contributed by atoms with van der Waals surface area (Å²) < 4.78 is 6.49. The van der Waals surface area contributed by atoms with Crippen LogP contribution in [0.25, 0.3) is 5.70 Å². The van der Waals surface area contributed by atoms with Gasteiger partial charge in [-0.1, -0.05) is 41.0 Å². The molecule has 1 atom stereocenters. The molecule has 0 fully saturated rings. The second-order valence-electron chi connectivity index (χ2n) is 6.15. The van der Waals surface area contributed by atoms with Crippen LogP contribution in [-0.2, 0) is 4.74 Å². The molecule has 0 spiro atoms. The van der Waals surface area contributed by atoms with Crippen LogP contribution >= 0.6 is 11.6 Å². The van der Waals surface area contributed by atoms with Gasteiger partial charge in [0.15, 0.2) is 0 Å². The fourth-order valence-corrected chi connectivity index (χ4v) is 3.33. The second kappa shape index (κ2) is 6.85. The Labute approximate surface area is 160 Å². The van der Waals surface area contributed by atoms with Crippen molar-refractivity contribution in [3.63, 3.8) is 0 Å². The predicted octanol–water partition coefficient (Wildman–Crippen LogP) is 3.56. The number of allylic oxidation sites excluding steroid dienone is 1. The molecule has 0 saturated carbocycles. The van der Waals surface area contributed by atoms with Crippen LogP contribution in [-0.4, -0.2) is 33.3 Å². The summed E-state index contributed by atoms with van der Waals surface area (Å²) in [5, 5.41) is 16.0. The largest absolute Gasteiger partial charge is 0.465 e. The number of methoxy groups -OCH3 is 1. The first-order valence-corrected chi connectivity index (χ1v) is 8.66. The number of carbonyl (C=O) groups is 1. The Hall–Kier alpha value is -3.19. The molecule has 1 aliphatic heterocycles. The molecule has 8 heteroatoms. The van der Waals surface area contributed by atoms with E-state index in [0.717, 1.165) is 22.4 Å². The molecule has 27 heavy (non-hydrogen) atoms. The van der Waals surface area contributed by atoms with Gasteiger partial charge in [-0.05, 0) is 58.3 Å². The van der Waals surface area contributed by atoms with E-state index < -0.39 is 0 Å². The number of tetrazole rings is 1. The highest BCUT2D eigenvalue weighted by atomic mass is 35.5. The smallest absolute Gasteiger partial charge is 0.337 e. The van der Waals surface area contributed by atoms with E-state index in [2.05, 4.69) is 20.8 Å². The zero-order chi connectivity index (χ0) is 19.0. The van der Waals surface area contributed by atoms with Gasteiger partial charge in [-0.3, -0.25) is 0 Å². The Morgan fingerprint density at radius 2 is 1.85 bits per heavy atom. The zero-order valence-corrected chi connectivity index (χ0v) is 15.4. The number of nitrogens with zero attached hydrogens (tertiary/aromatic N) is 4. The van der Waals surface area contributed by atoms with E-state index >= 15 is 0 Å².